The lowest BCUT2D eigenvalue weighted by Crippen LogP contribution is -2.35. The summed E-state index contributed by atoms with van der Waals surface area (Å²) in [5, 5.41) is 7.60. The topological polar surface area (TPSA) is 101 Å². The van der Waals surface area contributed by atoms with Gasteiger partial charge in [0, 0.05) is 20.1 Å². The van der Waals surface area contributed by atoms with E-state index in [0.717, 1.165) is 8.95 Å². The van der Waals surface area contributed by atoms with Gasteiger partial charge in [-0.3, -0.25) is 9.59 Å². The maximum Gasteiger partial charge on any atom is 0.331 e. The predicted molar refractivity (Wildman–Crippen MR) is 122 cm³/mol. The third-order valence-electron chi connectivity index (χ3n) is 3.49. The second kappa shape index (κ2) is 12.1. The number of halogens is 2. The third-order valence-corrected chi connectivity index (χ3v) is 4.48. The molecule has 0 radical (unpaired) electrons. The van der Waals surface area contributed by atoms with Crippen LogP contribution in [0.25, 0.3) is 0 Å². The molecule has 0 atom stereocenters. The number of carbonyl (C=O) groups is 2. The standard InChI is InChI=1S/C20H20Br2N4O4/c1-3-29-17-7-5-15(21)9-13(17)11-23-25-19(27)20(28)26-24-12-14-10-16(22)6-8-18(14)30-4-2/h5-12H,3-4H2,1-2H3,(H,25,27)(H,26,28)/b23-11+,24-12?. The minimum atomic E-state index is -0.962. The fourth-order valence-electron chi connectivity index (χ4n) is 2.24. The fourth-order valence-corrected chi connectivity index (χ4v) is 2.99. The summed E-state index contributed by atoms with van der Waals surface area (Å²) in [6, 6.07) is 10.8. The molecule has 0 unspecified atom stereocenters. The van der Waals surface area contributed by atoms with Crippen molar-refractivity contribution in [2.75, 3.05) is 13.2 Å². The molecule has 8 nitrogen and oxygen atoms in total. The normalized spacial score (nSPS) is 10.9. The predicted octanol–water partition coefficient (Wildman–Crippen LogP) is 3.61. The molecule has 0 fully saturated rings. The summed E-state index contributed by atoms with van der Waals surface area (Å²) in [6.07, 6.45) is 2.78. The SMILES string of the molecule is CCOc1ccc(Br)cc1C=NNC(=O)C(=O)N/N=C/c1cc(Br)ccc1OCC. The van der Waals surface area contributed by atoms with Crippen molar-refractivity contribution in [3.8, 4) is 11.5 Å². The average Bonchev–Trinajstić information content (AvgIpc) is 2.72. The molecule has 0 saturated heterocycles. The summed E-state index contributed by atoms with van der Waals surface area (Å²) in [5.41, 5.74) is 5.58. The first-order chi connectivity index (χ1) is 14.4. The van der Waals surface area contributed by atoms with Crippen LogP contribution in [0.15, 0.2) is 55.5 Å². The largest absolute Gasteiger partial charge is 0.493 e. The molecule has 30 heavy (non-hydrogen) atoms. The Balaban J connectivity index is 1.95. The van der Waals surface area contributed by atoms with E-state index < -0.39 is 11.8 Å². The van der Waals surface area contributed by atoms with E-state index in [9.17, 15) is 9.59 Å². The van der Waals surface area contributed by atoms with Gasteiger partial charge in [0.05, 0.1) is 25.6 Å². The first kappa shape index (κ1) is 23.6. The number of nitrogens with one attached hydrogen (secondary N) is 2. The van der Waals surface area contributed by atoms with Crippen LogP contribution in [0.4, 0.5) is 0 Å². The van der Waals surface area contributed by atoms with Gasteiger partial charge in [-0.25, -0.2) is 10.9 Å². The lowest BCUT2D eigenvalue weighted by atomic mass is 10.2. The number of hydrogen-bond donors (Lipinski definition) is 2. The maximum atomic E-state index is 11.9. The zero-order valence-corrected chi connectivity index (χ0v) is 19.5. The van der Waals surface area contributed by atoms with Crippen molar-refractivity contribution in [3.63, 3.8) is 0 Å². The Hall–Kier alpha value is -2.72. The number of benzene rings is 2. The van der Waals surface area contributed by atoms with Crippen LogP contribution >= 0.6 is 31.9 Å². The Bertz CT molecular complexity index is 886. The second-order valence-electron chi connectivity index (χ2n) is 5.63. The fraction of sp³-hybridized carbons (Fsp3) is 0.200. The van der Waals surface area contributed by atoms with Gasteiger partial charge in [-0.2, -0.15) is 10.2 Å². The van der Waals surface area contributed by atoms with E-state index in [-0.39, 0.29) is 0 Å². The highest BCUT2D eigenvalue weighted by Gasteiger charge is 2.12. The van der Waals surface area contributed by atoms with Crippen LogP contribution in [0.2, 0.25) is 0 Å². The van der Waals surface area contributed by atoms with Crippen molar-refractivity contribution < 1.29 is 19.1 Å². The Morgan fingerprint density at radius 2 is 1.23 bits per heavy atom. The molecule has 2 aromatic carbocycles. The highest BCUT2D eigenvalue weighted by Crippen LogP contribution is 2.22. The van der Waals surface area contributed by atoms with E-state index >= 15 is 0 Å². The molecule has 2 N–H and O–H groups in total. The highest BCUT2D eigenvalue weighted by molar-refractivity contribution is 9.10. The Morgan fingerprint density at radius 3 is 1.60 bits per heavy atom. The molecular weight excluding hydrogens is 520 g/mol. The van der Waals surface area contributed by atoms with Crippen molar-refractivity contribution >= 4 is 56.1 Å². The van der Waals surface area contributed by atoms with Gasteiger partial charge in [0.2, 0.25) is 0 Å². The minimum absolute atomic E-state index is 0.484. The van der Waals surface area contributed by atoms with Crippen molar-refractivity contribution in [1.82, 2.24) is 10.9 Å². The van der Waals surface area contributed by atoms with Gasteiger partial charge in [0.15, 0.2) is 0 Å². The number of carbonyl (C=O) groups excluding carboxylic acids is 2. The van der Waals surface area contributed by atoms with Crippen LogP contribution in [0, 0.1) is 0 Å². The summed E-state index contributed by atoms with van der Waals surface area (Å²) in [7, 11) is 0. The number of rotatable bonds is 8. The smallest absolute Gasteiger partial charge is 0.331 e. The van der Waals surface area contributed by atoms with Crippen LogP contribution in [0.5, 0.6) is 11.5 Å². The lowest BCUT2D eigenvalue weighted by molar-refractivity contribution is -0.139. The first-order valence-electron chi connectivity index (χ1n) is 8.95. The molecule has 0 bridgehead atoms. The molecule has 0 aromatic heterocycles. The molecule has 0 spiro atoms. The second-order valence-corrected chi connectivity index (χ2v) is 7.46. The minimum Gasteiger partial charge on any atom is -0.493 e. The summed E-state index contributed by atoms with van der Waals surface area (Å²) < 4.78 is 12.6. The summed E-state index contributed by atoms with van der Waals surface area (Å²) in [6.45, 7) is 4.69. The van der Waals surface area contributed by atoms with E-state index in [1.54, 1.807) is 24.3 Å². The Morgan fingerprint density at radius 1 is 0.833 bits per heavy atom. The molecular formula is C20H20Br2N4O4. The van der Waals surface area contributed by atoms with Crippen LogP contribution in [-0.4, -0.2) is 37.5 Å². The van der Waals surface area contributed by atoms with Gasteiger partial charge < -0.3 is 9.47 Å². The van der Waals surface area contributed by atoms with Gasteiger partial charge >= 0.3 is 11.8 Å². The van der Waals surface area contributed by atoms with E-state index in [1.807, 2.05) is 26.0 Å². The van der Waals surface area contributed by atoms with Crippen LogP contribution in [-0.2, 0) is 9.59 Å². The molecule has 0 saturated carbocycles. The quantitative estimate of drug-likeness (QED) is 0.304. The van der Waals surface area contributed by atoms with E-state index in [4.69, 9.17) is 9.47 Å². The molecule has 158 valence electrons. The van der Waals surface area contributed by atoms with E-state index in [2.05, 4.69) is 52.9 Å². The van der Waals surface area contributed by atoms with E-state index in [0.29, 0.717) is 35.8 Å². The molecule has 2 rings (SSSR count). The molecule has 0 aliphatic rings. The van der Waals surface area contributed by atoms with E-state index in [1.165, 1.54) is 12.4 Å². The number of amides is 2. The van der Waals surface area contributed by atoms with Crippen LogP contribution < -0.4 is 20.3 Å². The maximum absolute atomic E-state index is 11.9. The summed E-state index contributed by atoms with van der Waals surface area (Å²) in [5.74, 6) is -0.718. The Labute approximate surface area is 191 Å². The van der Waals surface area contributed by atoms with Crippen LogP contribution in [0.3, 0.4) is 0 Å². The van der Waals surface area contributed by atoms with Gasteiger partial charge in [-0.05, 0) is 50.2 Å². The zero-order valence-electron chi connectivity index (χ0n) is 16.3. The lowest BCUT2D eigenvalue weighted by Gasteiger charge is -2.07. The van der Waals surface area contributed by atoms with Crippen LogP contribution in [0.1, 0.15) is 25.0 Å². The molecule has 2 amide bonds. The third kappa shape index (κ3) is 7.27. The van der Waals surface area contributed by atoms with Gasteiger partial charge in [0.25, 0.3) is 0 Å². The van der Waals surface area contributed by atoms with Crippen molar-refractivity contribution in [2.45, 2.75) is 13.8 Å². The molecule has 10 heteroatoms. The Kier molecular flexibility index (Phi) is 9.49. The zero-order chi connectivity index (χ0) is 21.9. The summed E-state index contributed by atoms with van der Waals surface area (Å²) >= 11 is 6.72. The highest BCUT2D eigenvalue weighted by atomic mass is 79.9. The molecule has 0 aliphatic carbocycles. The molecule has 0 heterocycles. The van der Waals surface area contributed by atoms with Crippen molar-refractivity contribution in [3.05, 3.63) is 56.5 Å². The monoisotopic (exact) mass is 538 g/mol. The molecule has 2 aromatic rings. The first-order valence-corrected chi connectivity index (χ1v) is 10.5. The molecule has 0 aliphatic heterocycles. The van der Waals surface area contributed by atoms with Gasteiger partial charge in [-0.1, -0.05) is 31.9 Å². The number of ether oxygens (including phenoxy) is 2. The number of hydrogen-bond acceptors (Lipinski definition) is 6. The number of hydrazone groups is 2. The average molecular weight is 540 g/mol. The van der Waals surface area contributed by atoms with Crippen molar-refractivity contribution in [2.24, 2.45) is 10.2 Å². The number of nitrogens with zero attached hydrogens (tertiary/aromatic N) is 2. The van der Waals surface area contributed by atoms with Gasteiger partial charge in [0.1, 0.15) is 11.5 Å². The van der Waals surface area contributed by atoms with Gasteiger partial charge in [-0.15, -0.1) is 0 Å². The summed E-state index contributed by atoms with van der Waals surface area (Å²) in [4.78, 5) is 23.8. The van der Waals surface area contributed by atoms with Crippen molar-refractivity contribution in [1.29, 1.82) is 0 Å².